The van der Waals surface area contributed by atoms with Gasteiger partial charge in [-0.3, -0.25) is 14.4 Å². The molecular weight excluding hydrogens is 374 g/mol. The maximum Gasteiger partial charge on any atom is 0.308 e. The number of nitrogens with zero attached hydrogens (tertiary/aromatic N) is 1. The van der Waals surface area contributed by atoms with E-state index in [4.69, 9.17) is 10.2 Å². The van der Waals surface area contributed by atoms with Crippen molar-refractivity contribution in [2.45, 2.75) is 31.1 Å². The van der Waals surface area contributed by atoms with Crippen molar-refractivity contribution in [3.05, 3.63) is 24.3 Å². The van der Waals surface area contributed by atoms with Crippen LogP contribution in [0.5, 0.6) is 0 Å². The van der Waals surface area contributed by atoms with Crippen LogP contribution in [0.25, 0.3) is 0 Å². The minimum atomic E-state index is -3.91. The van der Waals surface area contributed by atoms with E-state index in [1.807, 2.05) is 6.92 Å². The maximum atomic E-state index is 12.3. The van der Waals surface area contributed by atoms with E-state index in [0.717, 1.165) is 0 Å². The van der Waals surface area contributed by atoms with Crippen molar-refractivity contribution in [1.82, 2.24) is 5.32 Å². The molecule has 1 aromatic rings. The normalized spacial score (nSPS) is 18.4. The molecule has 1 fully saturated rings. The summed E-state index contributed by atoms with van der Waals surface area (Å²) in [5, 5.41) is 16.8. The Morgan fingerprint density at radius 2 is 2.11 bits per heavy atom. The molecule has 0 saturated carbocycles. The zero-order chi connectivity index (χ0) is 20.2. The maximum absolute atomic E-state index is 12.3. The number of carboxylic acid groups (broad SMARTS) is 1. The second-order valence-electron chi connectivity index (χ2n) is 6.52. The van der Waals surface area contributed by atoms with Crippen LogP contribution in [0.4, 0.5) is 5.69 Å². The smallest absolute Gasteiger partial charge is 0.308 e. The Morgan fingerprint density at radius 1 is 1.41 bits per heavy atom. The average molecular weight is 397 g/mol. The van der Waals surface area contributed by atoms with Crippen LogP contribution in [0, 0.1) is 11.8 Å². The van der Waals surface area contributed by atoms with Gasteiger partial charge in [-0.15, -0.1) is 0 Å². The first-order valence-corrected chi connectivity index (χ1v) is 10.1. The van der Waals surface area contributed by atoms with Gasteiger partial charge in [-0.25, -0.2) is 13.6 Å². The van der Waals surface area contributed by atoms with Gasteiger partial charge in [-0.1, -0.05) is 19.4 Å². The molecule has 9 nitrogen and oxygen atoms in total. The summed E-state index contributed by atoms with van der Waals surface area (Å²) in [6, 6.07) is 5.64. The lowest BCUT2D eigenvalue weighted by Crippen LogP contribution is -2.37. The molecule has 0 radical (unpaired) electrons. The van der Waals surface area contributed by atoms with Crippen LogP contribution in [-0.4, -0.2) is 44.4 Å². The molecular formula is C17H23N3O6S. The third-order valence-corrected chi connectivity index (χ3v) is 5.37. The molecule has 2 unspecified atom stereocenters. The summed E-state index contributed by atoms with van der Waals surface area (Å²) in [7, 11) is -3.91. The largest absolute Gasteiger partial charge is 0.481 e. The molecule has 1 heterocycles. The van der Waals surface area contributed by atoms with Crippen LogP contribution in [0.15, 0.2) is 29.2 Å². The summed E-state index contributed by atoms with van der Waals surface area (Å²) in [6.45, 7) is 1.96. The SMILES string of the molecule is CCCC(CNC(=O)C1CC(=O)N(c2cccc(S(N)(=O)=O)c2)C1)C(=O)O. The number of carbonyl (C=O) groups is 3. The number of sulfonamides is 1. The van der Waals surface area contributed by atoms with E-state index < -0.39 is 33.7 Å². The van der Waals surface area contributed by atoms with Crippen LogP contribution in [0.2, 0.25) is 0 Å². The highest BCUT2D eigenvalue weighted by Gasteiger charge is 2.35. The molecule has 2 atom stereocenters. The third-order valence-electron chi connectivity index (χ3n) is 4.46. The zero-order valence-electron chi connectivity index (χ0n) is 14.9. The zero-order valence-corrected chi connectivity index (χ0v) is 15.7. The number of hydrogen-bond acceptors (Lipinski definition) is 5. The number of hydrogen-bond donors (Lipinski definition) is 3. The van der Waals surface area contributed by atoms with E-state index in [-0.39, 0.29) is 30.3 Å². The molecule has 1 saturated heterocycles. The Hall–Kier alpha value is -2.46. The molecule has 1 aliphatic heterocycles. The summed E-state index contributed by atoms with van der Waals surface area (Å²) in [4.78, 5) is 37.0. The summed E-state index contributed by atoms with van der Waals surface area (Å²) in [5.74, 6) is -2.98. The van der Waals surface area contributed by atoms with Gasteiger partial charge in [0.15, 0.2) is 0 Å². The molecule has 2 amide bonds. The number of nitrogens with one attached hydrogen (secondary N) is 1. The topological polar surface area (TPSA) is 147 Å². The number of aliphatic carboxylic acids is 1. The van der Waals surface area contributed by atoms with Crippen molar-refractivity contribution >= 4 is 33.5 Å². The van der Waals surface area contributed by atoms with E-state index in [0.29, 0.717) is 18.5 Å². The van der Waals surface area contributed by atoms with Gasteiger partial charge < -0.3 is 15.3 Å². The summed E-state index contributed by atoms with van der Waals surface area (Å²) in [5.41, 5.74) is 0.344. The van der Waals surface area contributed by atoms with Gasteiger partial charge in [0.1, 0.15) is 0 Å². The van der Waals surface area contributed by atoms with Gasteiger partial charge in [0.25, 0.3) is 0 Å². The predicted molar refractivity (Wildman–Crippen MR) is 97.3 cm³/mol. The Bertz CT molecular complexity index is 839. The fourth-order valence-corrected chi connectivity index (χ4v) is 3.54. The molecule has 1 aromatic carbocycles. The second-order valence-corrected chi connectivity index (χ2v) is 8.08. The van der Waals surface area contributed by atoms with Crippen molar-refractivity contribution in [3.63, 3.8) is 0 Å². The molecule has 0 aromatic heterocycles. The fourth-order valence-electron chi connectivity index (χ4n) is 2.99. The molecule has 0 spiro atoms. The van der Waals surface area contributed by atoms with Crippen molar-refractivity contribution in [3.8, 4) is 0 Å². The van der Waals surface area contributed by atoms with Crippen LogP contribution < -0.4 is 15.4 Å². The Morgan fingerprint density at radius 3 is 2.70 bits per heavy atom. The summed E-state index contributed by atoms with van der Waals surface area (Å²) < 4.78 is 22.9. The molecule has 10 heteroatoms. The van der Waals surface area contributed by atoms with Gasteiger partial charge in [-0.2, -0.15) is 0 Å². The number of anilines is 1. The highest BCUT2D eigenvalue weighted by Crippen LogP contribution is 2.27. The number of primary sulfonamides is 1. The van der Waals surface area contributed by atoms with Gasteiger partial charge in [-0.05, 0) is 24.6 Å². The highest BCUT2D eigenvalue weighted by molar-refractivity contribution is 7.89. The summed E-state index contributed by atoms with van der Waals surface area (Å²) in [6.07, 6.45) is 1.10. The van der Waals surface area contributed by atoms with E-state index in [2.05, 4.69) is 5.32 Å². The standard InChI is InChI=1S/C17H23N3O6S/c1-2-4-11(17(23)24)9-19-16(22)12-7-15(21)20(10-12)13-5-3-6-14(8-13)27(18,25)26/h3,5-6,8,11-12H,2,4,7,9-10H2,1H3,(H,19,22)(H,23,24)(H2,18,25,26). The number of nitrogens with two attached hydrogens (primary N) is 1. The summed E-state index contributed by atoms with van der Waals surface area (Å²) >= 11 is 0. The lowest BCUT2D eigenvalue weighted by Gasteiger charge is -2.18. The van der Waals surface area contributed by atoms with Crippen molar-refractivity contribution in [1.29, 1.82) is 0 Å². The van der Waals surface area contributed by atoms with E-state index in [9.17, 15) is 22.8 Å². The molecule has 2 rings (SSSR count). The van der Waals surface area contributed by atoms with E-state index in [1.54, 1.807) is 6.07 Å². The van der Waals surface area contributed by atoms with E-state index in [1.165, 1.54) is 23.1 Å². The number of benzene rings is 1. The number of carboxylic acids is 1. The van der Waals surface area contributed by atoms with Crippen molar-refractivity contribution < 1.29 is 27.9 Å². The van der Waals surface area contributed by atoms with Crippen LogP contribution in [0.3, 0.4) is 0 Å². The van der Waals surface area contributed by atoms with Crippen LogP contribution in [0.1, 0.15) is 26.2 Å². The Kier molecular flexibility index (Phi) is 6.55. The first-order chi connectivity index (χ1) is 12.6. The van der Waals surface area contributed by atoms with E-state index >= 15 is 0 Å². The van der Waals surface area contributed by atoms with Crippen LogP contribution >= 0.6 is 0 Å². The van der Waals surface area contributed by atoms with Gasteiger partial charge in [0.05, 0.1) is 16.7 Å². The number of carbonyl (C=O) groups excluding carboxylic acids is 2. The highest BCUT2D eigenvalue weighted by atomic mass is 32.2. The van der Waals surface area contributed by atoms with Crippen LogP contribution in [-0.2, 0) is 24.4 Å². The van der Waals surface area contributed by atoms with Gasteiger partial charge in [0, 0.05) is 25.2 Å². The quantitative estimate of drug-likeness (QED) is 0.575. The minimum absolute atomic E-state index is 0.00754. The lowest BCUT2D eigenvalue weighted by molar-refractivity contribution is -0.142. The first kappa shape index (κ1) is 20.8. The minimum Gasteiger partial charge on any atom is -0.481 e. The molecule has 4 N–H and O–H groups in total. The second kappa shape index (κ2) is 8.49. The third kappa shape index (κ3) is 5.27. The first-order valence-electron chi connectivity index (χ1n) is 8.57. The number of rotatable bonds is 8. The Labute approximate surface area is 157 Å². The fraction of sp³-hybridized carbons (Fsp3) is 0.471. The van der Waals surface area contributed by atoms with Crippen molar-refractivity contribution in [2.24, 2.45) is 17.0 Å². The molecule has 1 aliphatic rings. The predicted octanol–water partition coefficient (Wildman–Crippen LogP) is 0.304. The Balaban J connectivity index is 2.04. The lowest BCUT2D eigenvalue weighted by atomic mass is 10.0. The molecule has 0 bridgehead atoms. The van der Waals surface area contributed by atoms with Gasteiger partial charge in [0.2, 0.25) is 21.8 Å². The monoisotopic (exact) mass is 397 g/mol. The average Bonchev–Trinajstić information content (AvgIpc) is 2.99. The number of amides is 2. The molecule has 27 heavy (non-hydrogen) atoms. The van der Waals surface area contributed by atoms with Crippen molar-refractivity contribution in [2.75, 3.05) is 18.0 Å². The molecule has 148 valence electrons. The molecule has 0 aliphatic carbocycles. The van der Waals surface area contributed by atoms with Gasteiger partial charge >= 0.3 is 5.97 Å².